The standard InChI is InChI=1S/C23H21ClF3N3O5S3/c24-16-6-4-15(5-7-16)22(31)28-13-19-8-9-21(36-19)38(34,35)30-11-10-18(14-30)29-17-2-1-3-20(12-17)37(32,33)23(25,26)27/h1-9,12,18,29H,10-11,13-14H2,(H,28,31). The summed E-state index contributed by atoms with van der Waals surface area (Å²) in [5, 5.41) is 6.15. The van der Waals surface area contributed by atoms with E-state index in [1.54, 1.807) is 30.3 Å². The Kier molecular flexibility index (Phi) is 8.09. The van der Waals surface area contributed by atoms with Crippen molar-refractivity contribution in [3.8, 4) is 0 Å². The quantitative estimate of drug-likeness (QED) is 0.390. The molecule has 1 fully saturated rings. The lowest BCUT2D eigenvalue weighted by molar-refractivity contribution is -0.0436. The van der Waals surface area contributed by atoms with Crippen LogP contribution in [0, 0.1) is 0 Å². The van der Waals surface area contributed by atoms with Gasteiger partial charge in [-0.1, -0.05) is 17.7 Å². The highest BCUT2D eigenvalue weighted by Gasteiger charge is 2.47. The van der Waals surface area contributed by atoms with Crippen LogP contribution in [0.2, 0.25) is 5.02 Å². The minimum Gasteiger partial charge on any atom is -0.381 e. The molecule has 1 saturated heterocycles. The Morgan fingerprint density at radius 1 is 1.05 bits per heavy atom. The predicted octanol–water partition coefficient (Wildman–Crippen LogP) is 4.50. The van der Waals surface area contributed by atoms with Gasteiger partial charge in [0.05, 0.1) is 11.4 Å². The lowest BCUT2D eigenvalue weighted by Crippen LogP contribution is -2.31. The van der Waals surface area contributed by atoms with Crippen LogP contribution in [0.3, 0.4) is 0 Å². The zero-order valence-corrected chi connectivity index (χ0v) is 22.6. The van der Waals surface area contributed by atoms with Crippen LogP contribution >= 0.6 is 22.9 Å². The molecule has 204 valence electrons. The van der Waals surface area contributed by atoms with Crippen molar-refractivity contribution < 1.29 is 34.8 Å². The first-order chi connectivity index (χ1) is 17.8. The second kappa shape index (κ2) is 10.8. The van der Waals surface area contributed by atoms with Gasteiger partial charge in [0.25, 0.3) is 25.8 Å². The Labute approximate surface area is 226 Å². The van der Waals surface area contributed by atoms with E-state index in [0.717, 1.165) is 23.5 Å². The van der Waals surface area contributed by atoms with Crippen molar-refractivity contribution in [3.05, 3.63) is 76.1 Å². The third-order valence-electron chi connectivity index (χ3n) is 5.73. The number of thiophene rings is 1. The van der Waals surface area contributed by atoms with Gasteiger partial charge >= 0.3 is 5.51 Å². The molecule has 0 radical (unpaired) electrons. The summed E-state index contributed by atoms with van der Waals surface area (Å²) in [4.78, 5) is 12.0. The molecule has 1 atom stereocenters. The number of anilines is 1. The van der Waals surface area contributed by atoms with Gasteiger partial charge in [0, 0.05) is 40.3 Å². The number of hydrogen-bond donors (Lipinski definition) is 2. The Morgan fingerprint density at radius 2 is 1.76 bits per heavy atom. The molecule has 1 aliphatic heterocycles. The minimum atomic E-state index is -5.50. The number of sulfonamides is 1. The van der Waals surface area contributed by atoms with E-state index < -0.39 is 36.3 Å². The molecule has 1 unspecified atom stereocenters. The summed E-state index contributed by atoms with van der Waals surface area (Å²) in [5.41, 5.74) is -4.88. The molecule has 2 N–H and O–H groups in total. The molecule has 1 amide bonds. The van der Waals surface area contributed by atoms with E-state index in [1.807, 2.05) is 0 Å². The van der Waals surface area contributed by atoms with Gasteiger partial charge in [-0.05, 0) is 61.0 Å². The molecule has 2 heterocycles. The number of nitrogens with one attached hydrogen (secondary N) is 2. The van der Waals surface area contributed by atoms with E-state index in [4.69, 9.17) is 11.6 Å². The highest BCUT2D eigenvalue weighted by atomic mass is 35.5. The molecular formula is C23H21ClF3N3O5S3. The monoisotopic (exact) mass is 607 g/mol. The van der Waals surface area contributed by atoms with Crippen LogP contribution in [0.25, 0.3) is 0 Å². The van der Waals surface area contributed by atoms with Crippen LogP contribution in [-0.4, -0.2) is 51.7 Å². The second-order valence-electron chi connectivity index (χ2n) is 8.38. The number of alkyl halides is 3. The van der Waals surface area contributed by atoms with E-state index in [2.05, 4.69) is 10.6 Å². The SMILES string of the molecule is O=C(NCc1ccc(S(=O)(=O)N2CCC(Nc3cccc(S(=O)(=O)C(F)(F)F)c3)C2)s1)c1ccc(Cl)cc1. The van der Waals surface area contributed by atoms with Gasteiger partial charge in [0.15, 0.2) is 0 Å². The van der Waals surface area contributed by atoms with Crippen molar-refractivity contribution in [3.63, 3.8) is 0 Å². The maximum Gasteiger partial charge on any atom is 0.501 e. The Balaban J connectivity index is 1.37. The molecule has 1 aromatic heterocycles. The molecule has 4 rings (SSSR count). The summed E-state index contributed by atoms with van der Waals surface area (Å²) in [5.74, 6) is -0.333. The smallest absolute Gasteiger partial charge is 0.381 e. The van der Waals surface area contributed by atoms with E-state index in [-0.39, 0.29) is 35.4 Å². The van der Waals surface area contributed by atoms with E-state index in [1.165, 1.54) is 22.5 Å². The van der Waals surface area contributed by atoms with Gasteiger partial charge in [-0.15, -0.1) is 11.3 Å². The van der Waals surface area contributed by atoms with Crippen molar-refractivity contribution in [2.45, 2.75) is 33.6 Å². The van der Waals surface area contributed by atoms with Crippen LogP contribution in [0.4, 0.5) is 18.9 Å². The second-order valence-corrected chi connectivity index (χ2v) is 14.1. The van der Waals surface area contributed by atoms with Crippen molar-refractivity contribution >= 4 is 54.4 Å². The first kappa shape index (κ1) is 28.4. The fraction of sp³-hybridized carbons (Fsp3) is 0.261. The van der Waals surface area contributed by atoms with Crippen molar-refractivity contribution in [1.82, 2.24) is 9.62 Å². The van der Waals surface area contributed by atoms with Crippen molar-refractivity contribution in [2.24, 2.45) is 0 Å². The van der Waals surface area contributed by atoms with Gasteiger partial charge in [0.1, 0.15) is 4.21 Å². The number of benzene rings is 2. The molecule has 0 saturated carbocycles. The highest BCUT2D eigenvalue weighted by molar-refractivity contribution is 7.92. The molecule has 0 bridgehead atoms. The number of carbonyl (C=O) groups excluding carboxylic acids is 1. The molecule has 0 spiro atoms. The molecule has 8 nitrogen and oxygen atoms in total. The molecule has 38 heavy (non-hydrogen) atoms. The first-order valence-corrected chi connectivity index (χ1v) is 15.2. The number of sulfone groups is 1. The zero-order chi connectivity index (χ0) is 27.7. The average molecular weight is 608 g/mol. The van der Waals surface area contributed by atoms with Gasteiger partial charge in [0.2, 0.25) is 0 Å². The normalized spacial score (nSPS) is 16.9. The highest BCUT2D eigenvalue weighted by Crippen LogP contribution is 2.32. The summed E-state index contributed by atoms with van der Waals surface area (Å²) in [7, 11) is -9.35. The van der Waals surface area contributed by atoms with E-state index in [0.29, 0.717) is 21.9 Å². The van der Waals surface area contributed by atoms with Gasteiger partial charge < -0.3 is 10.6 Å². The zero-order valence-electron chi connectivity index (χ0n) is 19.4. The predicted molar refractivity (Wildman–Crippen MR) is 137 cm³/mol. The lowest BCUT2D eigenvalue weighted by Gasteiger charge is -2.17. The molecule has 1 aliphatic rings. The number of hydrogen-bond acceptors (Lipinski definition) is 7. The summed E-state index contributed by atoms with van der Waals surface area (Å²) >= 11 is 6.84. The fourth-order valence-electron chi connectivity index (χ4n) is 3.78. The summed E-state index contributed by atoms with van der Waals surface area (Å²) in [6, 6.07) is 13.3. The average Bonchev–Trinajstić information content (AvgIpc) is 3.53. The van der Waals surface area contributed by atoms with Gasteiger partial charge in [-0.25, -0.2) is 16.8 Å². The van der Waals surface area contributed by atoms with Crippen LogP contribution in [0.1, 0.15) is 21.7 Å². The van der Waals surface area contributed by atoms with Crippen LogP contribution in [0.15, 0.2) is 69.8 Å². The molecular weight excluding hydrogens is 587 g/mol. The summed E-state index contributed by atoms with van der Waals surface area (Å²) in [6.07, 6.45) is 0.366. The topological polar surface area (TPSA) is 113 Å². The largest absolute Gasteiger partial charge is 0.501 e. The third-order valence-corrected chi connectivity index (χ3v) is 10.9. The van der Waals surface area contributed by atoms with E-state index >= 15 is 0 Å². The number of halogens is 4. The van der Waals surface area contributed by atoms with Crippen LogP contribution in [-0.2, 0) is 26.4 Å². The minimum absolute atomic E-state index is 0.0408. The maximum atomic E-state index is 13.1. The third kappa shape index (κ3) is 6.15. The van der Waals surface area contributed by atoms with Crippen LogP contribution < -0.4 is 10.6 Å². The van der Waals surface area contributed by atoms with Crippen LogP contribution in [0.5, 0.6) is 0 Å². The molecule has 3 aromatic rings. The van der Waals surface area contributed by atoms with Crippen molar-refractivity contribution in [1.29, 1.82) is 0 Å². The number of carbonyl (C=O) groups is 1. The Morgan fingerprint density at radius 3 is 2.45 bits per heavy atom. The number of rotatable bonds is 8. The number of amides is 1. The molecule has 0 aliphatic carbocycles. The van der Waals surface area contributed by atoms with E-state index in [9.17, 15) is 34.8 Å². The van der Waals surface area contributed by atoms with Gasteiger partial charge in [-0.3, -0.25) is 4.79 Å². The van der Waals surface area contributed by atoms with Crippen molar-refractivity contribution in [2.75, 3.05) is 18.4 Å². The number of nitrogens with zero attached hydrogens (tertiary/aromatic N) is 1. The van der Waals surface area contributed by atoms with Gasteiger partial charge in [-0.2, -0.15) is 17.5 Å². The Hall–Kier alpha value is -2.65. The fourth-order valence-corrected chi connectivity index (χ4v) is 7.66. The summed E-state index contributed by atoms with van der Waals surface area (Å²) < 4.78 is 89.6. The first-order valence-electron chi connectivity index (χ1n) is 11.1. The Bertz CT molecular complexity index is 1540. The lowest BCUT2D eigenvalue weighted by atomic mass is 10.2. The maximum absolute atomic E-state index is 13.1. The molecule has 15 heteroatoms. The summed E-state index contributed by atoms with van der Waals surface area (Å²) in [6.45, 7) is 0.337. The molecule has 2 aromatic carbocycles.